The van der Waals surface area contributed by atoms with E-state index in [0.717, 1.165) is 80.9 Å². The summed E-state index contributed by atoms with van der Waals surface area (Å²) in [6, 6.07) is 16.5. The van der Waals surface area contributed by atoms with Crippen molar-refractivity contribution in [1.29, 1.82) is 0 Å². The largest absolute Gasteiger partial charge is 0.491 e. The molecule has 0 saturated carbocycles. The molecule has 4 nitrogen and oxygen atoms in total. The van der Waals surface area contributed by atoms with Gasteiger partial charge in [0.25, 0.3) is 0 Å². The number of ether oxygens (including phenoxy) is 1. The van der Waals surface area contributed by atoms with Crippen LogP contribution >= 0.6 is 11.6 Å². The lowest BCUT2D eigenvalue weighted by molar-refractivity contribution is -0.136. The number of halogens is 1. The molecule has 0 bridgehead atoms. The lowest BCUT2D eigenvalue weighted by Crippen LogP contribution is -2.52. The Morgan fingerprint density at radius 2 is 1.79 bits per heavy atom. The van der Waals surface area contributed by atoms with Crippen molar-refractivity contribution in [3.63, 3.8) is 0 Å². The van der Waals surface area contributed by atoms with E-state index in [2.05, 4.69) is 48.3 Å². The van der Waals surface area contributed by atoms with Crippen LogP contribution in [0.5, 0.6) is 5.75 Å². The molecular formula is C29H39ClN2O2. The van der Waals surface area contributed by atoms with Crippen LogP contribution in [-0.2, 0) is 17.8 Å². The summed E-state index contributed by atoms with van der Waals surface area (Å²) in [5.74, 6) is 1.69. The number of benzene rings is 2. The molecule has 2 aliphatic rings. The number of nitrogens with zero attached hydrogens (tertiary/aromatic N) is 1. The van der Waals surface area contributed by atoms with E-state index in [1.165, 1.54) is 5.56 Å². The number of likely N-dealkylation sites (tertiary alicyclic amines) is 1. The average Bonchev–Trinajstić information content (AvgIpc) is 2.82. The van der Waals surface area contributed by atoms with Crippen LogP contribution in [0.1, 0.15) is 63.5 Å². The minimum Gasteiger partial charge on any atom is -0.491 e. The maximum Gasteiger partial charge on any atom is 0.226 e. The maximum atomic E-state index is 13.8. The van der Waals surface area contributed by atoms with Crippen molar-refractivity contribution in [3.8, 4) is 5.75 Å². The molecule has 1 N–H and O–H groups in total. The molecule has 1 saturated heterocycles. The highest BCUT2D eigenvalue weighted by Gasteiger charge is 2.41. The van der Waals surface area contributed by atoms with Gasteiger partial charge >= 0.3 is 0 Å². The Bertz CT molecular complexity index is 953. The molecule has 2 aromatic carbocycles. The van der Waals surface area contributed by atoms with Gasteiger partial charge < -0.3 is 10.1 Å². The Hall–Kier alpha value is -2.04. The molecule has 1 atom stereocenters. The summed E-state index contributed by atoms with van der Waals surface area (Å²) in [7, 11) is 0. The van der Waals surface area contributed by atoms with Crippen molar-refractivity contribution in [3.05, 3.63) is 64.7 Å². The van der Waals surface area contributed by atoms with Gasteiger partial charge in [0, 0.05) is 11.6 Å². The van der Waals surface area contributed by atoms with Crippen molar-refractivity contribution < 1.29 is 9.53 Å². The number of aryl methyl sites for hydroxylation is 1. The third kappa shape index (κ3) is 6.34. The summed E-state index contributed by atoms with van der Waals surface area (Å²) >= 11 is 6.40. The molecule has 1 amide bonds. The molecule has 0 unspecified atom stereocenters. The third-order valence-electron chi connectivity index (χ3n) is 7.50. The second-order valence-electron chi connectivity index (χ2n) is 10.6. The van der Waals surface area contributed by atoms with E-state index >= 15 is 0 Å². The van der Waals surface area contributed by atoms with Crippen LogP contribution in [0.25, 0.3) is 0 Å². The molecule has 5 heteroatoms. The number of hydrogen-bond acceptors (Lipinski definition) is 3. The Morgan fingerprint density at radius 3 is 2.56 bits per heavy atom. The van der Waals surface area contributed by atoms with Crippen molar-refractivity contribution in [2.24, 2.45) is 11.3 Å². The second-order valence-corrected chi connectivity index (χ2v) is 11.0. The number of nitrogens with one attached hydrogen (secondary N) is 1. The third-order valence-corrected chi connectivity index (χ3v) is 7.87. The van der Waals surface area contributed by atoms with Crippen LogP contribution < -0.4 is 10.1 Å². The zero-order chi connectivity index (χ0) is 24.0. The van der Waals surface area contributed by atoms with Crippen molar-refractivity contribution in [1.82, 2.24) is 10.2 Å². The summed E-state index contributed by atoms with van der Waals surface area (Å²) in [5, 5.41) is 4.25. The first kappa shape index (κ1) is 25.1. The van der Waals surface area contributed by atoms with Crippen molar-refractivity contribution in [2.45, 2.75) is 71.4 Å². The van der Waals surface area contributed by atoms with Crippen molar-refractivity contribution >= 4 is 17.5 Å². The lowest BCUT2D eigenvalue weighted by Gasteiger charge is -2.42. The van der Waals surface area contributed by atoms with Crippen LogP contribution in [0, 0.1) is 11.3 Å². The molecule has 1 fully saturated rings. The molecule has 0 aromatic heterocycles. The highest BCUT2D eigenvalue weighted by atomic mass is 35.5. The number of piperidine rings is 1. The number of para-hydroxylation sites is 1. The van der Waals surface area contributed by atoms with E-state index in [4.69, 9.17) is 16.3 Å². The number of rotatable bonds is 4. The summed E-state index contributed by atoms with van der Waals surface area (Å²) in [5.41, 5.74) is 2.16. The number of carbonyl (C=O) groups excluding carboxylic acids is 1. The predicted molar refractivity (Wildman–Crippen MR) is 139 cm³/mol. The first-order valence-electron chi connectivity index (χ1n) is 12.9. The number of hydrogen-bond donors (Lipinski definition) is 1. The van der Waals surface area contributed by atoms with Gasteiger partial charge in [-0.2, -0.15) is 0 Å². The fourth-order valence-corrected chi connectivity index (χ4v) is 5.69. The van der Waals surface area contributed by atoms with Crippen LogP contribution in [0.4, 0.5) is 0 Å². The second kappa shape index (κ2) is 11.6. The highest BCUT2D eigenvalue weighted by Crippen LogP contribution is 2.38. The van der Waals surface area contributed by atoms with Crippen LogP contribution in [0.2, 0.25) is 5.02 Å². The number of carbonyl (C=O) groups is 1. The van der Waals surface area contributed by atoms with Crippen LogP contribution in [0.15, 0.2) is 48.5 Å². The molecule has 2 aromatic rings. The molecule has 4 rings (SSSR count). The topological polar surface area (TPSA) is 41.6 Å². The molecule has 0 radical (unpaired) electrons. The van der Waals surface area contributed by atoms with E-state index < -0.39 is 0 Å². The quantitative estimate of drug-likeness (QED) is 0.559. The van der Waals surface area contributed by atoms with E-state index in [-0.39, 0.29) is 17.4 Å². The van der Waals surface area contributed by atoms with Gasteiger partial charge in [0.2, 0.25) is 5.91 Å². The minimum atomic E-state index is -0.287. The molecule has 2 aliphatic heterocycles. The molecule has 184 valence electrons. The first-order chi connectivity index (χ1) is 16.4. The summed E-state index contributed by atoms with van der Waals surface area (Å²) in [6.07, 6.45) is 6.81. The summed E-state index contributed by atoms with van der Waals surface area (Å²) < 4.78 is 6.26. The maximum absolute atomic E-state index is 13.8. The van der Waals surface area contributed by atoms with Gasteiger partial charge in [0.1, 0.15) is 12.4 Å². The lowest BCUT2D eigenvalue weighted by atomic mass is 9.73. The first-order valence-corrected chi connectivity index (χ1v) is 13.3. The van der Waals surface area contributed by atoms with Gasteiger partial charge in [-0.15, -0.1) is 0 Å². The van der Waals surface area contributed by atoms with E-state index in [9.17, 15) is 4.79 Å². The normalized spacial score (nSPS) is 21.8. The Balaban J connectivity index is 1.47. The Morgan fingerprint density at radius 1 is 1.06 bits per heavy atom. The summed E-state index contributed by atoms with van der Waals surface area (Å²) in [4.78, 5) is 16.2. The average molecular weight is 483 g/mol. The Kier molecular flexibility index (Phi) is 8.55. The van der Waals surface area contributed by atoms with E-state index in [1.54, 1.807) is 0 Å². The predicted octanol–water partition coefficient (Wildman–Crippen LogP) is 6.26. The number of fused-ring (bicyclic) bond motifs is 1. The van der Waals surface area contributed by atoms with Crippen LogP contribution in [-0.4, -0.2) is 36.5 Å². The van der Waals surface area contributed by atoms with Gasteiger partial charge in [-0.3, -0.25) is 9.69 Å². The molecule has 1 spiro atoms. The molecule has 0 aliphatic carbocycles. The number of amides is 1. The Labute approximate surface area is 210 Å². The SMILES string of the molecule is CC(C)C[C@H]1COc2ccccc2CCCCC2(CCN(Cc3ccccc3Cl)CC2)C(=O)N1. The fourth-order valence-electron chi connectivity index (χ4n) is 5.49. The fraction of sp³-hybridized carbons (Fsp3) is 0.552. The van der Waals surface area contributed by atoms with E-state index in [1.807, 2.05) is 24.3 Å². The van der Waals surface area contributed by atoms with Gasteiger partial charge in [-0.1, -0.05) is 68.3 Å². The van der Waals surface area contributed by atoms with Gasteiger partial charge in [0.05, 0.1) is 11.5 Å². The van der Waals surface area contributed by atoms with Gasteiger partial charge in [-0.05, 0) is 80.8 Å². The van der Waals surface area contributed by atoms with Gasteiger partial charge in [-0.25, -0.2) is 0 Å². The van der Waals surface area contributed by atoms with Crippen molar-refractivity contribution in [2.75, 3.05) is 19.7 Å². The summed E-state index contributed by atoms with van der Waals surface area (Å²) in [6.45, 7) is 7.63. The molecule has 2 heterocycles. The zero-order valence-corrected chi connectivity index (χ0v) is 21.4. The van der Waals surface area contributed by atoms with E-state index in [0.29, 0.717) is 12.5 Å². The van der Waals surface area contributed by atoms with Crippen LogP contribution in [0.3, 0.4) is 0 Å². The molecular weight excluding hydrogens is 444 g/mol. The standard InChI is InChI=1S/C29H39ClN2O2/c1-22(2)19-25-21-34-27-13-6-4-9-23(27)10-7-8-14-29(28(33)31-25)15-17-32(18-16-29)20-24-11-3-5-12-26(24)30/h3-6,9,11-13,22,25H,7-8,10,14-21H2,1-2H3,(H,31,33)/t25-/m0/s1. The molecule has 34 heavy (non-hydrogen) atoms. The van der Waals surface area contributed by atoms with Gasteiger partial charge in [0.15, 0.2) is 0 Å². The highest BCUT2D eigenvalue weighted by molar-refractivity contribution is 6.31. The minimum absolute atomic E-state index is 0.0259. The smallest absolute Gasteiger partial charge is 0.226 e. The monoisotopic (exact) mass is 482 g/mol. The zero-order valence-electron chi connectivity index (χ0n) is 20.7.